The molecule has 0 atom stereocenters. The number of alkyl halides is 3. The lowest BCUT2D eigenvalue weighted by Gasteiger charge is -2.37. The minimum atomic E-state index is -5.68. The molecule has 1 aliphatic heterocycles. The summed E-state index contributed by atoms with van der Waals surface area (Å²) in [6, 6.07) is 2.84. The van der Waals surface area contributed by atoms with Crippen LogP contribution in [-0.4, -0.2) is 13.9 Å². The van der Waals surface area contributed by atoms with Crippen molar-refractivity contribution in [1.29, 1.82) is 0 Å². The summed E-state index contributed by atoms with van der Waals surface area (Å²) in [5, 5.41) is 3.64. The third-order valence-corrected chi connectivity index (χ3v) is 6.18. The first-order valence-corrected chi connectivity index (χ1v) is 9.75. The number of fused-ring (bicyclic) bond motifs is 2. The number of benzene rings is 1. The van der Waals surface area contributed by atoms with Crippen LogP contribution in [0.2, 0.25) is 0 Å². The summed E-state index contributed by atoms with van der Waals surface area (Å²) in [5.41, 5.74) is -3.50. The van der Waals surface area contributed by atoms with Gasteiger partial charge in [-0.3, -0.25) is 5.32 Å². The average molecular weight is 377 g/mol. The maximum atomic E-state index is 12.6. The van der Waals surface area contributed by atoms with Crippen molar-refractivity contribution in [3.8, 4) is 5.75 Å². The van der Waals surface area contributed by atoms with Crippen molar-refractivity contribution in [2.45, 2.75) is 69.5 Å². The minimum absolute atomic E-state index is 0.280. The molecule has 0 amide bonds. The Hall–Kier alpha value is -1.28. The molecule has 1 fully saturated rings. The maximum absolute atomic E-state index is 12.6. The van der Waals surface area contributed by atoms with Crippen LogP contribution >= 0.6 is 0 Å². The lowest BCUT2D eigenvalue weighted by molar-refractivity contribution is -0.0500. The molecule has 2 aliphatic rings. The zero-order valence-electron chi connectivity index (χ0n) is 14.5. The highest BCUT2D eigenvalue weighted by molar-refractivity contribution is 7.88. The number of aryl methyl sites for hydroxylation is 1. The fourth-order valence-electron chi connectivity index (χ4n) is 4.46. The van der Waals surface area contributed by atoms with Crippen LogP contribution in [-0.2, 0) is 21.2 Å². The Morgan fingerprint density at radius 2 is 1.72 bits per heavy atom. The second-order valence-electron chi connectivity index (χ2n) is 7.54. The van der Waals surface area contributed by atoms with Gasteiger partial charge in [0.2, 0.25) is 0 Å². The molecule has 0 aromatic heterocycles. The second kappa shape index (κ2) is 5.61. The van der Waals surface area contributed by atoms with Crippen molar-refractivity contribution in [2.24, 2.45) is 0 Å². The summed E-state index contributed by atoms with van der Waals surface area (Å²) in [6.45, 7) is 5.85. The highest BCUT2D eigenvalue weighted by Crippen LogP contribution is 2.50. The average Bonchev–Trinajstić information content (AvgIpc) is 2.65. The van der Waals surface area contributed by atoms with Crippen molar-refractivity contribution >= 4 is 10.1 Å². The Balaban J connectivity index is 2.10. The van der Waals surface area contributed by atoms with Gasteiger partial charge >= 0.3 is 15.6 Å². The first kappa shape index (κ1) is 18.5. The normalized spacial score (nSPS) is 22.0. The summed E-state index contributed by atoms with van der Waals surface area (Å²) in [5.74, 6) is -0.280. The topological polar surface area (TPSA) is 55.4 Å². The number of hydrogen-bond donors (Lipinski definition) is 1. The van der Waals surface area contributed by atoms with Crippen molar-refractivity contribution < 1.29 is 25.8 Å². The van der Waals surface area contributed by atoms with Crippen LogP contribution < -0.4 is 9.50 Å². The quantitative estimate of drug-likeness (QED) is 0.619. The predicted molar refractivity (Wildman–Crippen MR) is 87.7 cm³/mol. The van der Waals surface area contributed by atoms with Gasteiger partial charge in [-0.05, 0) is 62.4 Å². The van der Waals surface area contributed by atoms with Crippen LogP contribution in [0, 0.1) is 6.92 Å². The van der Waals surface area contributed by atoms with Crippen molar-refractivity contribution in [1.82, 2.24) is 5.32 Å². The van der Waals surface area contributed by atoms with Gasteiger partial charge in [-0.15, -0.1) is 0 Å². The highest BCUT2D eigenvalue weighted by Gasteiger charge is 2.50. The first-order valence-electron chi connectivity index (χ1n) is 8.34. The monoisotopic (exact) mass is 377 g/mol. The smallest absolute Gasteiger partial charge is 0.376 e. The van der Waals surface area contributed by atoms with Crippen LogP contribution in [0.25, 0.3) is 0 Å². The molecule has 1 aliphatic carbocycles. The number of hydrogen-bond acceptors (Lipinski definition) is 4. The minimum Gasteiger partial charge on any atom is -0.376 e. The Kier molecular flexibility index (Phi) is 4.15. The van der Waals surface area contributed by atoms with E-state index in [-0.39, 0.29) is 16.8 Å². The van der Waals surface area contributed by atoms with Gasteiger partial charge in [0.25, 0.3) is 0 Å². The van der Waals surface area contributed by atoms with E-state index in [1.807, 2.05) is 13.8 Å². The van der Waals surface area contributed by atoms with Gasteiger partial charge in [0.1, 0.15) is 5.75 Å². The molecule has 4 nitrogen and oxygen atoms in total. The molecular formula is C17H22F3NO3S. The van der Waals surface area contributed by atoms with Crippen LogP contribution in [0.5, 0.6) is 5.75 Å². The van der Waals surface area contributed by atoms with E-state index in [0.29, 0.717) is 0 Å². The van der Waals surface area contributed by atoms with Crippen molar-refractivity contribution in [3.63, 3.8) is 0 Å². The van der Waals surface area contributed by atoms with Gasteiger partial charge < -0.3 is 4.18 Å². The fourth-order valence-corrected chi connectivity index (χ4v) is 4.90. The van der Waals surface area contributed by atoms with Crippen molar-refractivity contribution in [3.05, 3.63) is 28.8 Å². The van der Waals surface area contributed by atoms with E-state index in [4.69, 9.17) is 0 Å². The molecule has 0 radical (unpaired) electrons. The third-order valence-electron chi connectivity index (χ3n) is 5.20. The van der Waals surface area contributed by atoms with E-state index in [1.54, 1.807) is 6.92 Å². The van der Waals surface area contributed by atoms with Gasteiger partial charge in [-0.2, -0.15) is 21.6 Å². The maximum Gasteiger partial charge on any atom is 0.534 e. The van der Waals surface area contributed by atoms with E-state index in [1.165, 1.54) is 12.1 Å². The molecule has 1 N–H and O–H groups in total. The fraction of sp³-hybridized carbons (Fsp3) is 0.647. The number of halogens is 3. The van der Waals surface area contributed by atoms with Crippen LogP contribution in [0.3, 0.4) is 0 Å². The Morgan fingerprint density at radius 3 is 2.28 bits per heavy atom. The summed E-state index contributed by atoms with van der Waals surface area (Å²) in [7, 11) is -5.68. The van der Waals surface area contributed by atoms with Crippen molar-refractivity contribution in [2.75, 3.05) is 0 Å². The molecule has 8 heteroatoms. The molecule has 3 rings (SSSR count). The summed E-state index contributed by atoms with van der Waals surface area (Å²) < 4.78 is 65.0. The Morgan fingerprint density at radius 1 is 1.12 bits per heavy atom. The first-order chi connectivity index (χ1) is 11.4. The zero-order valence-corrected chi connectivity index (χ0v) is 15.3. The molecule has 1 heterocycles. The van der Waals surface area contributed by atoms with Gasteiger partial charge in [0.05, 0.1) is 0 Å². The van der Waals surface area contributed by atoms with Crippen LogP contribution in [0.1, 0.15) is 62.6 Å². The molecule has 0 bridgehead atoms. The van der Waals surface area contributed by atoms with E-state index >= 15 is 0 Å². The van der Waals surface area contributed by atoms with E-state index in [2.05, 4.69) is 9.50 Å². The van der Waals surface area contributed by atoms with Gasteiger partial charge in [-0.1, -0.05) is 19.3 Å². The van der Waals surface area contributed by atoms with E-state index in [0.717, 1.165) is 48.8 Å². The standard InChI is InChI=1S/C17H22F3NO3S/c1-11-9-12(24-25(22,23)17(18,19)20)10-13-14(11)15(2,3)21-16(13)7-5-4-6-8-16/h9-10,21H,4-8H2,1-3H3. The molecule has 1 spiro atoms. The largest absolute Gasteiger partial charge is 0.534 e. The van der Waals surface area contributed by atoms with E-state index in [9.17, 15) is 21.6 Å². The molecule has 140 valence electrons. The second-order valence-corrected chi connectivity index (χ2v) is 9.08. The molecule has 1 aromatic carbocycles. The third kappa shape index (κ3) is 3.03. The number of rotatable bonds is 2. The summed E-state index contributed by atoms with van der Waals surface area (Å²) >= 11 is 0. The summed E-state index contributed by atoms with van der Waals surface area (Å²) in [6.07, 6.45) is 4.91. The molecule has 25 heavy (non-hydrogen) atoms. The zero-order chi connectivity index (χ0) is 18.7. The van der Waals surface area contributed by atoms with Crippen LogP contribution in [0.15, 0.2) is 12.1 Å². The molecular weight excluding hydrogens is 355 g/mol. The molecule has 1 saturated carbocycles. The van der Waals surface area contributed by atoms with Gasteiger partial charge in [0.15, 0.2) is 0 Å². The lowest BCUT2D eigenvalue weighted by atomic mass is 9.76. The highest BCUT2D eigenvalue weighted by atomic mass is 32.2. The summed E-state index contributed by atoms with van der Waals surface area (Å²) in [4.78, 5) is 0. The number of nitrogens with one attached hydrogen (secondary N) is 1. The molecule has 0 saturated heterocycles. The lowest BCUT2D eigenvalue weighted by Crippen LogP contribution is -2.45. The SMILES string of the molecule is Cc1cc(OS(=O)(=O)C(F)(F)F)cc2c1C(C)(C)NC21CCCCC1. The molecule has 1 aromatic rings. The van der Waals surface area contributed by atoms with E-state index < -0.39 is 15.6 Å². The van der Waals surface area contributed by atoms with Gasteiger partial charge in [-0.25, -0.2) is 0 Å². The molecule has 0 unspecified atom stereocenters. The Labute approximate surface area is 145 Å². The predicted octanol–water partition coefficient (Wildman–Crippen LogP) is 4.22. The van der Waals surface area contributed by atoms with Crippen LogP contribution in [0.4, 0.5) is 13.2 Å². The Bertz CT molecular complexity index is 794. The van der Waals surface area contributed by atoms with Gasteiger partial charge in [0, 0.05) is 11.1 Å².